The van der Waals surface area contributed by atoms with E-state index in [4.69, 9.17) is 12.2 Å². The molecule has 0 amide bonds. The highest BCUT2D eigenvalue weighted by Gasteiger charge is 2.23. The van der Waals surface area contributed by atoms with Crippen LogP contribution in [0.1, 0.15) is 39.8 Å². The van der Waals surface area contributed by atoms with Crippen molar-refractivity contribution in [3.8, 4) is 22.5 Å². The maximum absolute atomic E-state index is 5.88. The van der Waals surface area contributed by atoms with E-state index in [2.05, 4.69) is 97.5 Å². The number of rotatable bonds is 4. The van der Waals surface area contributed by atoms with Crippen molar-refractivity contribution in [1.29, 1.82) is 0 Å². The predicted octanol–water partition coefficient (Wildman–Crippen LogP) is 6.51. The first-order valence-electron chi connectivity index (χ1n) is 8.50. The normalized spacial score (nSPS) is 11.4. The molecule has 2 nitrogen and oxygen atoms in total. The molecule has 0 aliphatic rings. The van der Waals surface area contributed by atoms with Gasteiger partial charge < -0.3 is 9.13 Å². The third kappa shape index (κ3) is 2.84. The first-order chi connectivity index (χ1) is 11.5. The van der Waals surface area contributed by atoms with Crippen LogP contribution in [0.5, 0.6) is 0 Å². The molecular formula is C21H24N2S. The molecule has 2 aromatic carbocycles. The summed E-state index contributed by atoms with van der Waals surface area (Å²) in [4.78, 5) is 0. The summed E-state index contributed by atoms with van der Waals surface area (Å²) in [6.07, 6.45) is 0. The largest absolute Gasteiger partial charge is 0.314 e. The summed E-state index contributed by atoms with van der Waals surface area (Å²) in [6, 6.07) is 21.7. The van der Waals surface area contributed by atoms with E-state index in [1.165, 1.54) is 22.5 Å². The minimum atomic E-state index is 0.301. The third-order valence-electron chi connectivity index (χ3n) is 4.25. The van der Waals surface area contributed by atoms with Crippen molar-refractivity contribution in [2.75, 3.05) is 0 Å². The van der Waals surface area contributed by atoms with Crippen LogP contribution in [0, 0.1) is 4.77 Å². The monoisotopic (exact) mass is 336 g/mol. The minimum absolute atomic E-state index is 0.301. The second kappa shape index (κ2) is 6.78. The Balaban J connectivity index is 2.45. The van der Waals surface area contributed by atoms with Crippen LogP contribution in [0.4, 0.5) is 0 Å². The highest BCUT2D eigenvalue weighted by atomic mass is 32.1. The summed E-state index contributed by atoms with van der Waals surface area (Å²) >= 11 is 5.88. The fourth-order valence-corrected chi connectivity index (χ4v) is 3.84. The van der Waals surface area contributed by atoms with Crippen LogP contribution in [0.25, 0.3) is 22.5 Å². The van der Waals surface area contributed by atoms with Crippen molar-refractivity contribution in [2.24, 2.45) is 0 Å². The van der Waals surface area contributed by atoms with Gasteiger partial charge in [-0.05, 0) is 39.9 Å². The first-order valence-corrected chi connectivity index (χ1v) is 8.90. The van der Waals surface area contributed by atoms with E-state index in [-0.39, 0.29) is 0 Å². The van der Waals surface area contributed by atoms with Crippen molar-refractivity contribution in [2.45, 2.75) is 39.8 Å². The number of nitrogens with zero attached hydrogens (tertiary/aromatic N) is 2. The summed E-state index contributed by atoms with van der Waals surface area (Å²) in [5.41, 5.74) is 4.82. The van der Waals surface area contributed by atoms with Crippen LogP contribution < -0.4 is 0 Å². The van der Waals surface area contributed by atoms with Crippen molar-refractivity contribution in [1.82, 2.24) is 9.13 Å². The summed E-state index contributed by atoms with van der Waals surface area (Å²) in [6.45, 7) is 8.78. The molecule has 0 spiro atoms. The van der Waals surface area contributed by atoms with Crippen molar-refractivity contribution in [3.05, 3.63) is 65.4 Å². The van der Waals surface area contributed by atoms with Crippen LogP contribution in [-0.4, -0.2) is 9.13 Å². The van der Waals surface area contributed by atoms with Gasteiger partial charge in [-0.25, -0.2) is 0 Å². The Kier molecular flexibility index (Phi) is 4.72. The summed E-state index contributed by atoms with van der Waals surface area (Å²) in [5, 5.41) is 0. The molecule has 3 aromatic rings. The van der Waals surface area contributed by atoms with Crippen molar-refractivity contribution >= 4 is 12.2 Å². The van der Waals surface area contributed by atoms with Crippen LogP contribution >= 0.6 is 12.2 Å². The minimum Gasteiger partial charge on any atom is -0.314 e. The Labute approximate surface area is 149 Å². The zero-order valence-corrected chi connectivity index (χ0v) is 15.5. The molecule has 3 rings (SSSR count). The molecule has 0 atom stereocenters. The molecule has 0 aliphatic carbocycles. The number of benzene rings is 2. The Morgan fingerprint density at radius 3 is 1.25 bits per heavy atom. The maximum atomic E-state index is 5.88. The molecule has 0 unspecified atom stereocenters. The van der Waals surface area contributed by atoms with E-state index in [1.807, 2.05) is 0 Å². The third-order valence-corrected chi connectivity index (χ3v) is 4.64. The fourth-order valence-electron chi connectivity index (χ4n) is 3.24. The van der Waals surface area contributed by atoms with E-state index in [9.17, 15) is 0 Å². The Morgan fingerprint density at radius 2 is 0.958 bits per heavy atom. The SMILES string of the molecule is CC(C)n1c(-c2ccccc2)c(-c2ccccc2)n(C(C)C)c1=S. The lowest BCUT2D eigenvalue weighted by molar-refractivity contribution is 0.543. The van der Waals surface area contributed by atoms with Gasteiger partial charge in [-0.2, -0.15) is 0 Å². The number of hydrogen-bond donors (Lipinski definition) is 0. The predicted molar refractivity (Wildman–Crippen MR) is 105 cm³/mol. The molecule has 0 N–H and O–H groups in total. The van der Waals surface area contributed by atoms with Gasteiger partial charge >= 0.3 is 0 Å². The zero-order chi connectivity index (χ0) is 17.3. The van der Waals surface area contributed by atoms with Gasteiger partial charge in [0.05, 0.1) is 11.4 Å². The Morgan fingerprint density at radius 1 is 0.625 bits per heavy atom. The quantitative estimate of drug-likeness (QED) is 0.493. The molecule has 0 fully saturated rings. The van der Waals surface area contributed by atoms with Gasteiger partial charge in [-0.1, -0.05) is 60.7 Å². The summed E-state index contributed by atoms with van der Waals surface area (Å²) < 4.78 is 5.46. The van der Waals surface area contributed by atoms with Gasteiger partial charge in [0.15, 0.2) is 4.77 Å². The van der Waals surface area contributed by atoms with Gasteiger partial charge in [0, 0.05) is 23.2 Å². The highest BCUT2D eigenvalue weighted by Crippen LogP contribution is 2.37. The smallest absolute Gasteiger partial charge is 0.181 e. The maximum Gasteiger partial charge on any atom is 0.181 e. The average molecular weight is 337 g/mol. The molecule has 1 aromatic heterocycles. The fraction of sp³-hybridized carbons (Fsp3) is 0.286. The molecule has 24 heavy (non-hydrogen) atoms. The zero-order valence-electron chi connectivity index (χ0n) is 14.7. The first kappa shape index (κ1) is 16.7. The highest BCUT2D eigenvalue weighted by molar-refractivity contribution is 7.71. The van der Waals surface area contributed by atoms with E-state index in [0.717, 1.165) is 4.77 Å². The Hall–Kier alpha value is -2.13. The lowest BCUT2D eigenvalue weighted by atomic mass is 10.0. The number of hydrogen-bond acceptors (Lipinski definition) is 1. The lowest BCUT2D eigenvalue weighted by Gasteiger charge is -2.15. The standard InChI is InChI=1S/C21H24N2S/c1-15(2)22-19(17-11-7-5-8-12-17)20(18-13-9-6-10-14-18)23(16(3)4)21(22)24/h5-16H,1-4H3. The van der Waals surface area contributed by atoms with E-state index in [0.29, 0.717) is 12.1 Å². The molecule has 0 saturated heterocycles. The molecule has 124 valence electrons. The Bertz CT molecular complexity index is 799. The molecule has 3 heteroatoms. The van der Waals surface area contributed by atoms with Crippen LogP contribution in [0.2, 0.25) is 0 Å². The lowest BCUT2D eigenvalue weighted by Crippen LogP contribution is -2.06. The van der Waals surface area contributed by atoms with Crippen LogP contribution in [0.3, 0.4) is 0 Å². The van der Waals surface area contributed by atoms with Crippen molar-refractivity contribution < 1.29 is 0 Å². The molecule has 0 saturated carbocycles. The average Bonchev–Trinajstić information content (AvgIpc) is 2.90. The van der Waals surface area contributed by atoms with Crippen molar-refractivity contribution in [3.63, 3.8) is 0 Å². The molecule has 1 heterocycles. The van der Waals surface area contributed by atoms with Gasteiger partial charge in [-0.15, -0.1) is 0 Å². The van der Waals surface area contributed by atoms with Gasteiger partial charge in [0.25, 0.3) is 0 Å². The number of aromatic nitrogens is 2. The summed E-state index contributed by atoms with van der Waals surface area (Å²) in [7, 11) is 0. The van der Waals surface area contributed by atoms with E-state index < -0.39 is 0 Å². The second-order valence-electron chi connectivity index (χ2n) is 6.64. The second-order valence-corrected chi connectivity index (χ2v) is 7.00. The molecule has 0 radical (unpaired) electrons. The van der Waals surface area contributed by atoms with Gasteiger partial charge in [0.2, 0.25) is 0 Å². The van der Waals surface area contributed by atoms with Gasteiger partial charge in [-0.3, -0.25) is 0 Å². The van der Waals surface area contributed by atoms with Crippen LogP contribution in [0.15, 0.2) is 60.7 Å². The molecular weight excluding hydrogens is 312 g/mol. The molecule has 0 aliphatic heterocycles. The van der Waals surface area contributed by atoms with Gasteiger partial charge in [0.1, 0.15) is 0 Å². The molecule has 0 bridgehead atoms. The topological polar surface area (TPSA) is 9.86 Å². The van der Waals surface area contributed by atoms with E-state index in [1.54, 1.807) is 0 Å². The van der Waals surface area contributed by atoms with E-state index >= 15 is 0 Å². The van der Waals surface area contributed by atoms with Crippen LogP contribution in [-0.2, 0) is 0 Å². The number of imidazole rings is 1. The summed E-state index contributed by atoms with van der Waals surface area (Å²) in [5.74, 6) is 0.